The Balaban J connectivity index is 1.09. The van der Waals surface area contributed by atoms with E-state index in [0.29, 0.717) is 25.1 Å². The normalized spacial score (nSPS) is 31.2. The summed E-state index contributed by atoms with van der Waals surface area (Å²) in [5, 5.41) is 12.1. The zero-order valence-corrected chi connectivity index (χ0v) is 18.9. The fourth-order valence-corrected chi connectivity index (χ4v) is 7.19. The van der Waals surface area contributed by atoms with E-state index in [9.17, 15) is 9.59 Å². The van der Waals surface area contributed by atoms with Crippen LogP contribution >= 0.6 is 0 Å². The molecule has 1 saturated heterocycles. The number of carbonyl (C=O) groups is 2. The lowest BCUT2D eigenvalue weighted by Gasteiger charge is -2.55. The van der Waals surface area contributed by atoms with Crippen molar-refractivity contribution in [1.29, 1.82) is 5.26 Å². The van der Waals surface area contributed by atoms with E-state index in [2.05, 4.69) is 16.3 Å². The van der Waals surface area contributed by atoms with E-state index < -0.39 is 0 Å². The van der Waals surface area contributed by atoms with Crippen LogP contribution in [0.1, 0.15) is 56.9 Å². The molecule has 1 N–H and O–H groups in total. The van der Waals surface area contributed by atoms with E-state index in [-0.39, 0.29) is 17.2 Å². The number of anilines is 1. The largest absolute Gasteiger partial charge is 0.370 e. The van der Waals surface area contributed by atoms with Gasteiger partial charge in [0, 0.05) is 50.2 Å². The Bertz CT molecular complexity index is 868. The number of nitriles is 1. The Hall–Kier alpha value is -2.55. The van der Waals surface area contributed by atoms with Crippen molar-refractivity contribution in [2.75, 3.05) is 37.6 Å². The third-order valence-electron chi connectivity index (χ3n) is 8.35. The van der Waals surface area contributed by atoms with Gasteiger partial charge in [0.25, 0.3) is 0 Å². The number of hydrogen-bond acceptors (Lipinski definition) is 4. The van der Waals surface area contributed by atoms with Crippen LogP contribution in [0.2, 0.25) is 0 Å². The number of nitrogens with one attached hydrogen (secondary N) is 1. The zero-order valence-electron chi connectivity index (χ0n) is 18.9. The second kappa shape index (κ2) is 8.77. The predicted octanol–water partition coefficient (Wildman–Crippen LogP) is 3.32. The Labute approximate surface area is 190 Å². The molecule has 4 saturated carbocycles. The van der Waals surface area contributed by atoms with E-state index in [0.717, 1.165) is 68.8 Å². The summed E-state index contributed by atoms with van der Waals surface area (Å²) in [6, 6.07) is 9.80. The maximum Gasteiger partial charge on any atom is 0.226 e. The van der Waals surface area contributed by atoms with Crippen molar-refractivity contribution in [3.05, 3.63) is 29.8 Å². The summed E-state index contributed by atoms with van der Waals surface area (Å²) < 4.78 is 0. The molecule has 5 aliphatic rings. The SMILES string of the molecule is N#Cc1ccc(N2CCCN(C(=O)CCNC(=O)C34CC5CC(CC(C5)C3)C4)CC2)cc1. The quantitative estimate of drug-likeness (QED) is 0.771. The van der Waals surface area contributed by atoms with Crippen molar-refractivity contribution >= 4 is 17.5 Å². The topological polar surface area (TPSA) is 76.4 Å². The van der Waals surface area contributed by atoms with E-state index in [1.54, 1.807) is 0 Å². The molecule has 1 aromatic carbocycles. The number of hydrogen-bond donors (Lipinski definition) is 1. The third kappa shape index (κ3) is 4.22. The highest BCUT2D eigenvalue weighted by Gasteiger charge is 2.54. The van der Waals surface area contributed by atoms with Crippen molar-refractivity contribution in [1.82, 2.24) is 10.2 Å². The van der Waals surface area contributed by atoms with Gasteiger partial charge in [-0.05, 0) is 87.0 Å². The van der Waals surface area contributed by atoms with Gasteiger partial charge in [0.15, 0.2) is 0 Å². The van der Waals surface area contributed by atoms with Gasteiger partial charge in [0.1, 0.15) is 0 Å². The molecule has 0 unspecified atom stereocenters. The van der Waals surface area contributed by atoms with E-state index in [1.807, 2.05) is 29.2 Å². The molecule has 170 valence electrons. The molecule has 0 radical (unpaired) electrons. The monoisotopic (exact) mass is 434 g/mol. The van der Waals surface area contributed by atoms with Crippen LogP contribution in [0.4, 0.5) is 5.69 Å². The number of nitrogens with zero attached hydrogens (tertiary/aromatic N) is 3. The summed E-state index contributed by atoms with van der Waals surface area (Å²) in [5.41, 5.74) is 1.62. The first-order valence-corrected chi connectivity index (χ1v) is 12.4. The fourth-order valence-electron chi connectivity index (χ4n) is 7.19. The molecule has 4 aliphatic carbocycles. The van der Waals surface area contributed by atoms with Gasteiger partial charge in [0.2, 0.25) is 11.8 Å². The van der Waals surface area contributed by atoms with Gasteiger partial charge >= 0.3 is 0 Å². The van der Waals surface area contributed by atoms with E-state index >= 15 is 0 Å². The predicted molar refractivity (Wildman–Crippen MR) is 123 cm³/mol. The Morgan fingerprint density at radius 3 is 2.25 bits per heavy atom. The molecule has 1 aliphatic heterocycles. The smallest absolute Gasteiger partial charge is 0.226 e. The number of amides is 2. The molecule has 0 aromatic heterocycles. The summed E-state index contributed by atoms with van der Waals surface area (Å²) in [7, 11) is 0. The molecule has 6 heteroatoms. The van der Waals surface area contributed by atoms with Crippen molar-refractivity contribution in [2.45, 2.75) is 51.4 Å². The summed E-state index contributed by atoms with van der Waals surface area (Å²) in [6.45, 7) is 3.60. The number of carbonyl (C=O) groups excluding carboxylic acids is 2. The lowest BCUT2D eigenvalue weighted by Crippen LogP contribution is -2.53. The Morgan fingerprint density at radius 2 is 1.62 bits per heavy atom. The molecule has 1 aromatic rings. The average molecular weight is 435 g/mol. The molecule has 6 rings (SSSR count). The number of rotatable bonds is 5. The highest BCUT2D eigenvalue weighted by Crippen LogP contribution is 2.60. The first-order valence-electron chi connectivity index (χ1n) is 12.4. The van der Waals surface area contributed by atoms with Gasteiger partial charge in [-0.1, -0.05) is 0 Å². The molecule has 0 atom stereocenters. The van der Waals surface area contributed by atoms with Crippen LogP contribution in [-0.4, -0.2) is 49.4 Å². The van der Waals surface area contributed by atoms with Gasteiger partial charge in [-0.2, -0.15) is 5.26 Å². The summed E-state index contributed by atoms with van der Waals surface area (Å²) in [5.74, 6) is 2.61. The maximum absolute atomic E-state index is 13.1. The van der Waals surface area contributed by atoms with Crippen LogP contribution in [0.25, 0.3) is 0 Å². The third-order valence-corrected chi connectivity index (χ3v) is 8.35. The summed E-state index contributed by atoms with van der Waals surface area (Å²) >= 11 is 0. The fraction of sp³-hybridized carbons (Fsp3) is 0.654. The Morgan fingerprint density at radius 1 is 0.969 bits per heavy atom. The minimum Gasteiger partial charge on any atom is -0.370 e. The molecule has 2 amide bonds. The standard InChI is InChI=1S/C26H34N4O2/c27-18-19-2-4-23(5-3-19)29-8-1-9-30(11-10-29)24(31)6-7-28-25(32)26-15-20-12-21(16-26)14-22(13-20)17-26/h2-5,20-22H,1,6-17H2,(H,28,32). The van der Waals surface area contributed by atoms with Crippen molar-refractivity contribution in [3.63, 3.8) is 0 Å². The van der Waals surface area contributed by atoms with Gasteiger partial charge in [-0.15, -0.1) is 0 Å². The molecular weight excluding hydrogens is 400 g/mol. The maximum atomic E-state index is 13.1. The molecule has 5 fully saturated rings. The van der Waals surface area contributed by atoms with Crippen molar-refractivity contribution < 1.29 is 9.59 Å². The van der Waals surface area contributed by atoms with Crippen LogP contribution in [0.15, 0.2) is 24.3 Å². The van der Waals surface area contributed by atoms with Crippen molar-refractivity contribution in [3.8, 4) is 6.07 Å². The Kier molecular flexibility index (Phi) is 5.84. The highest BCUT2D eigenvalue weighted by atomic mass is 16.2. The second-order valence-corrected chi connectivity index (χ2v) is 10.6. The average Bonchev–Trinajstić information content (AvgIpc) is 3.04. The molecular formula is C26H34N4O2. The van der Waals surface area contributed by atoms with Crippen LogP contribution in [0.3, 0.4) is 0 Å². The van der Waals surface area contributed by atoms with Crippen LogP contribution in [0, 0.1) is 34.5 Å². The highest BCUT2D eigenvalue weighted by molar-refractivity contribution is 5.84. The van der Waals surface area contributed by atoms with Gasteiger partial charge < -0.3 is 15.1 Å². The van der Waals surface area contributed by atoms with E-state index in [4.69, 9.17) is 5.26 Å². The minimum absolute atomic E-state index is 0.137. The summed E-state index contributed by atoms with van der Waals surface area (Å²) in [6.07, 6.45) is 8.50. The zero-order chi connectivity index (χ0) is 22.1. The second-order valence-electron chi connectivity index (χ2n) is 10.6. The lowest BCUT2D eigenvalue weighted by molar-refractivity contribution is -0.146. The van der Waals surface area contributed by atoms with Crippen molar-refractivity contribution in [2.24, 2.45) is 23.2 Å². The van der Waals surface area contributed by atoms with Gasteiger partial charge in [-0.3, -0.25) is 9.59 Å². The first kappa shape index (κ1) is 21.3. The van der Waals surface area contributed by atoms with E-state index in [1.165, 1.54) is 19.3 Å². The first-order chi connectivity index (χ1) is 15.5. The van der Waals surface area contributed by atoms with Gasteiger partial charge in [-0.25, -0.2) is 0 Å². The molecule has 1 heterocycles. The molecule has 32 heavy (non-hydrogen) atoms. The van der Waals surface area contributed by atoms with Crippen LogP contribution < -0.4 is 10.2 Å². The molecule has 0 spiro atoms. The van der Waals surface area contributed by atoms with Crippen LogP contribution in [0.5, 0.6) is 0 Å². The number of benzene rings is 1. The molecule has 6 nitrogen and oxygen atoms in total. The van der Waals surface area contributed by atoms with Crippen LogP contribution in [-0.2, 0) is 9.59 Å². The summed E-state index contributed by atoms with van der Waals surface area (Å²) in [4.78, 5) is 30.1. The lowest BCUT2D eigenvalue weighted by atomic mass is 9.49. The molecule has 4 bridgehead atoms. The van der Waals surface area contributed by atoms with Gasteiger partial charge in [0.05, 0.1) is 11.6 Å². The minimum atomic E-state index is -0.137.